The first-order chi connectivity index (χ1) is 9.84. The zero-order valence-corrected chi connectivity index (χ0v) is 13.8. The Kier molecular flexibility index (Phi) is 5.20. The van der Waals surface area contributed by atoms with E-state index in [9.17, 15) is 14.7 Å². The van der Waals surface area contributed by atoms with Gasteiger partial charge in [0.15, 0.2) is 0 Å². The van der Waals surface area contributed by atoms with Gasteiger partial charge in [0.05, 0.1) is 12.0 Å². The molecular formula is C15H26N2O3S. The Hall–Kier alpha value is -0.750. The Morgan fingerprint density at radius 1 is 1.33 bits per heavy atom. The molecule has 0 aromatic heterocycles. The first-order valence-corrected chi connectivity index (χ1v) is 8.83. The molecule has 4 atom stereocenters. The molecule has 1 aliphatic heterocycles. The van der Waals surface area contributed by atoms with Gasteiger partial charge in [0.2, 0.25) is 5.91 Å². The molecule has 21 heavy (non-hydrogen) atoms. The molecule has 3 N–H and O–H groups in total. The number of carbonyl (C=O) groups excluding carboxylic acids is 1. The van der Waals surface area contributed by atoms with Crippen LogP contribution in [0.4, 0.5) is 0 Å². The van der Waals surface area contributed by atoms with E-state index in [-0.39, 0.29) is 35.2 Å². The van der Waals surface area contributed by atoms with Crippen LogP contribution in [0.3, 0.4) is 0 Å². The van der Waals surface area contributed by atoms with Crippen LogP contribution < -0.4 is 10.6 Å². The quantitative estimate of drug-likeness (QED) is 0.732. The lowest BCUT2D eigenvalue weighted by molar-refractivity contribution is -0.150. The van der Waals surface area contributed by atoms with Crippen LogP contribution in [0.15, 0.2) is 0 Å². The number of carboxylic acid groups (broad SMARTS) is 1. The summed E-state index contributed by atoms with van der Waals surface area (Å²) in [5.41, 5.74) is -0.309. The van der Waals surface area contributed by atoms with E-state index < -0.39 is 5.97 Å². The first-order valence-electron chi connectivity index (χ1n) is 7.68. The molecule has 0 radical (unpaired) electrons. The van der Waals surface area contributed by atoms with Gasteiger partial charge in [0.25, 0.3) is 0 Å². The van der Waals surface area contributed by atoms with Gasteiger partial charge in [-0.05, 0) is 24.2 Å². The Bertz CT molecular complexity index is 408. The van der Waals surface area contributed by atoms with Crippen molar-refractivity contribution in [3.8, 4) is 0 Å². The molecule has 0 bridgehead atoms. The maximum atomic E-state index is 12.3. The third-order valence-corrected chi connectivity index (χ3v) is 6.37. The van der Waals surface area contributed by atoms with Crippen molar-refractivity contribution in [1.82, 2.24) is 10.6 Å². The number of nitrogens with one attached hydrogen (secondary N) is 2. The Morgan fingerprint density at radius 2 is 2.05 bits per heavy atom. The van der Waals surface area contributed by atoms with Crippen LogP contribution in [0.1, 0.15) is 33.6 Å². The molecule has 2 aliphatic rings. The number of carbonyl (C=O) groups is 2. The summed E-state index contributed by atoms with van der Waals surface area (Å²) in [6.07, 6.45) is 1.37. The summed E-state index contributed by atoms with van der Waals surface area (Å²) in [5.74, 6) is 1.02. The molecule has 1 saturated heterocycles. The van der Waals surface area contributed by atoms with Crippen LogP contribution in [0, 0.1) is 17.3 Å². The van der Waals surface area contributed by atoms with Crippen molar-refractivity contribution < 1.29 is 14.7 Å². The van der Waals surface area contributed by atoms with Gasteiger partial charge in [0, 0.05) is 24.1 Å². The number of thioether (sulfide) groups is 1. The van der Waals surface area contributed by atoms with Gasteiger partial charge in [-0.15, -0.1) is 0 Å². The van der Waals surface area contributed by atoms with E-state index >= 15 is 0 Å². The van der Waals surface area contributed by atoms with E-state index in [1.165, 1.54) is 0 Å². The number of hydrogen-bond acceptors (Lipinski definition) is 4. The van der Waals surface area contributed by atoms with Gasteiger partial charge in [0.1, 0.15) is 0 Å². The molecule has 1 heterocycles. The second-order valence-electron chi connectivity index (χ2n) is 6.77. The molecule has 0 aromatic carbocycles. The Balaban J connectivity index is 1.98. The Labute approximate surface area is 130 Å². The molecule has 120 valence electrons. The predicted octanol–water partition coefficient (Wildman–Crippen LogP) is 1.33. The van der Waals surface area contributed by atoms with Crippen molar-refractivity contribution in [2.75, 3.05) is 18.1 Å². The zero-order chi connectivity index (χ0) is 15.6. The van der Waals surface area contributed by atoms with Crippen molar-refractivity contribution in [3.63, 3.8) is 0 Å². The van der Waals surface area contributed by atoms with Gasteiger partial charge in [-0.25, -0.2) is 0 Å². The van der Waals surface area contributed by atoms with Gasteiger partial charge in [-0.1, -0.05) is 20.8 Å². The Morgan fingerprint density at radius 3 is 2.62 bits per heavy atom. The first kappa shape index (κ1) is 16.6. The molecule has 0 aromatic rings. The van der Waals surface area contributed by atoms with Crippen molar-refractivity contribution >= 4 is 23.6 Å². The van der Waals surface area contributed by atoms with Gasteiger partial charge >= 0.3 is 5.97 Å². The molecular weight excluding hydrogens is 288 g/mol. The molecule has 2 rings (SSSR count). The fourth-order valence-corrected chi connectivity index (χ4v) is 4.39. The van der Waals surface area contributed by atoms with E-state index in [2.05, 4.69) is 17.6 Å². The molecule has 2 fully saturated rings. The lowest BCUT2D eigenvalue weighted by Gasteiger charge is -2.46. The van der Waals surface area contributed by atoms with Crippen LogP contribution in [0.25, 0.3) is 0 Å². The minimum atomic E-state index is -0.720. The van der Waals surface area contributed by atoms with Crippen LogP contribution in [-0.4, -0.2) is 47.1 Å². The maximum absolute atomic E-state index is 12.3. The normalized spacial score (nSPS) is 36.0. The minimum Gasteiger partial charge on any atom is -0.481 e. The van der Waals surface area contributed by atoms with E-state index in [1.807, 2.05) is 13.8 Å². The smallest absolute Gasteiger partial charge is 0.307 e. The third kappa shape index (κ3) is 3.54. The highest BCUT2D eigenvalue weighted by atomic mass is 32.2. The molecule has 1 saturated carbocycles. The van der Waals surface area contributed by atoms with Crippen molar-refractivity contribution in [2.45, 2.75) is 45.7 Å². The molecule has 0 spiro atoms. The molecule has 5 nitrogen and oxygen atoms in total. The number of hydrogen-bond donors (Lipinski definition) is 3. The van der Waals surface area contributed by atoms with Crippen molar-refractivity contribution in [2.24, 2.45) is 17.3 Å². The second kappa shape index (κ2) is 6.57. The molecule has 4 unspecified atom stereocenters. The highest BCUT2D eigenvalue weighted by molar-refractivity contribution is 7.99. The minimum absolute atomic E-state index is 0.0589. The zero-order valence-electron chi connectivity index (χ0n) is 13.0. The van der Waals surface area contributed by atoms with Gasteiger partial charge < -0.3 is 15.7 Å². The average Bonchev–Trinajstić information content (AvgIpc) is 2.44. The van der Waals surface area contributed by atoms with E-state index in [4.69, 9.17) is 0 Å². The summed E-state index contributed by atoms with van der Waals surface area (Å²) < 4.78 is 0. The van der Waals surface area contributed by atoms with Gasteiger partial charge in [-0.3, -0.25) is 9.59 Å². The van der Waals surface area contributed by atoms with Crippen LogP contribution in [-0.2, 0) is 9.59 Å². The lowest BCUT2D eigenvalue weighted by atomic mass is 9.61. The van der Waals surface area contributed by atoms with Crippen LogP contribution in [0.2, 0.25) is 0 Å². The summed E-state index contributed by atoms with van der Waals surface area (Å²) in [6, 6.07) is -0.0481. The highest BCUT2D eigenvalue weighted by Gasteiger charge is 2.46. The second-order valence-corrected chi connectivity index (χ2v) is 7.92. The summed E-state index contributed by atoms with van der Waals surface area (Å²) >= 11 is 1.80. The number of rotatable bonds is 3. The van der Waals surface area contributed by atoms with Crippen molar-refractivity contribution in [3.05, 3.63) is 0 Å². The standard InChI is InChI=1S/C15H26N2O3S/c1-9-11(5-4-10(14(19)20)15(9,2)3)17-13(18)12-8-21-7-6-16-12/h9-12,16H,4-8H2,1-3H3,(H,17,18)(H,19,20). The van der Waals surface area contributed by atoms with Crippen molar-refractivity contribution in [1.29, 1.82) is 0 Å². The van der Waals surface area contributed by atoms with E-state index in [0.717, 1.165) is 24.5 Å². The highest BCUT2D eigenvalue weighted by Crippen LogP contribution is 2.45. The SMILES string of the molecule is CC1C(NC(=O)C2CSCCN2)CCC(C(=O)O)C1(C)C. The lowest BCUT2D eigenvalue weighted by Crippen LogP contribution is -2.57. The topological polar surface area (TPSA) is 78.4 Å². The maximum Gasteiger partial charge on any atom is 0.307 e. The van der Waals surface area contributed by atoms with Crippen LogP contribution in [0.5, 0.6) is 0 Å². The summed E-state index contributed by atoms with van der Waals surface area (Å²) in [6.45, 7) is 6.94. The molecule has 1 aliphatic carbocycles. The average molecular weight is 314 g/mol. The van der Waals surface area contributed by atoms with Crippen LogP contribution >= 0.6 is 11.8 Å². The fraction of sp³-hybridized carbons (Fsp3) is 0.867. The number of aliphatic carboxylic acids is 1. The summed E-state index contributed by atoms with van der Waals surface area (Å²) in [5, 5.41) is 15.8. The summed E-state index contributed by atoms with van der Waals surface area (Å²) in [7, 11) is 0. The predicted molar refractivity (Wildman–Crippen MR) is 84.4 cm³/mol. The van der Waals surface area contributed by atoms with E-state index in [1.54, 1.807) is 11.8 Å². The number of amides is 1. The summed E-state index contributed by atoms with van der Waals surface area (Å²) in [4.78, 5) is 23.7. The monoisotopic (exact) mass is 314 g/mol. The largest absolute Gasteiger partial charge is 0.481 e. The van der Waals surface area contributed by atoms with Gasteiger partial charge in [-0.2, -0.15) is 11.8 Å². The fourth-order valence-electron chi connectivity index (χ4n) is 3.46. The number of carboxylic acids is 1. The third-order valence-electron chi connectivity index (χ3n) is 5.31. The molecule has 1 amide bonds. The molecule has 6 heteroatoms. The van der Waals surface area contributed by atoms with E-state index in [0.29, 0.717) is 6.42 Å².